The van der Waals surface area contributed by atoms with Crippen LogP contribution in [0.3, 0.4) is 0 Å². The Morgan fingerprint density at radius 2 is 1.52 bits per heavy atom. The molecule has 2 amide bonds. The Balaban J connectivity index is 1.78. The first-order valence-corrected chi connectivity index (χ1v) is 9.75. The lowest BCUT2D eigenvalue weighted by molar-refractivity contribution is -0.118. The Bertz CT molecular complexity index is 579. The van der Waals surface area contributed by atoms with Gasteiger partial charge < -0.3 is 21.1 Å². The van der Waals surface area contributed by atoms with E-state index < -0.39 is 0 Å². The summed E-state index contributed by atoms with van der Waals surface area (Å²) >= 11 is 0. The normalized spacial score (nSPS) is 16.8. The van der Waals surface area contributed by atoms with Crippen LogP contribution in [0.4, 0.5) is 11.4 Å². The summed E-state index contributed by atoms with van der Waals surface area (Å²) in [7, 11) is 1.54. The van der Waals surface area contributed by atoms with Gasteiger partial charge in [-0.05, 0) is 50.2 Å². The average molecular weight is 377 g/mol. The van der Waals surface area contributed by atoms with Crippen LogP contribution in [0.2, 0.25) is 0 Å². The first-order valence-electron chi connectivity index (χ1n) is 9.75. The Kier molecular flexibility index (Phi) is 9.24. The van der Waals surface area contributed by atoms with E-state index in [0.717, 1.165) is 31.6 Å². The molecular weight excluding hydrogens is 344 g/mol. The van der Waals surface area contributed by atoms with Crippen molar-refractivity contribution in [3.05, 3.63) is 24.3 Å². The molecule has 0 radical (unpaired) electrons. The number of anilines is 2. The van der Waals surface area contributed by atoms with Gasteiger partial charge in [0.05, 0.1) is 19.1 Å². The highest BCUT2D eigenvalue weighted by atomic mass is 16.5. The van der Waals surface area contributed by atoms with E-state index in [-0.39, 0.29) is 24.3 Å². The summed E-state index contributed by atoms with van der Waals surface area (Å²) in [6, 6.07) is 7.12. The van der Waals surface area contributed by atoms with Crippen molar-refractivity contribution in [3.63, 3.8) is 0 Å². The van der Waals surface area contributed by atoms with Gasteiger partial charge >= 0.3 is 0 Å². The zero-order valence-corrected chi connectivity index (χ0v) is 16.2. The molecule has 1 heterocycles. The number of nitrogens with zero attached hydrogens (tertiary/aromatic N) is 1. The summed E-state index contributed by atoms with van der Waals surface area (Å²) in [6.07, 6.45) is 6.06. The monoisotopic (exact) mass is 376 g/mol. The smallest absolute Gasteiger partial charge is 0.238 e. The van der Waals surface area contributed by atoms with Crippen LogP contribution in [0.5, 0.6) is 0 Å². The maximum Gasteiger partial charge on any atom is 0.238 e. The van der Waals surface area contributed by atoms with Crippen molar-refractivity contribution < 1.29 is 14.3 Å². The third-order valence-electron chi connectivity index (χ3n) is 4.78. The maximum absolute atomic E-state index is 12.3. The first-order chi connectivity index (χ1) is 13.1. The molecule has 0 spiro atoms. The molecule has 4 N–H and O–H groups in total. The Morgan fingerprint density at radius 1 is 1.00 bits per heavy atom. The first kappa shape index (κ1) is 21.3. The Hall–Kier alpha value is -1.96. The van der Waals surface area contributed by atoms with Gasteiger partial charge in [-0.1, -0.05) is 19.3 Å². The predicted octanol–water partition coefficient (Wildman–Crippen LogP) is 2.19. The van der Waals surface area contributed by atoms with Gasteiger partial charge in [-0.2, -0.15) is 0 Å². The molecule has 7 nitrogen and oxygen atoms in total. The molecule has 1 saturated heterocycles. The maximum atomic E-state index is 12.3. The molecule has 0 aliphatic carbocycles. The molecule has 150 valence electrons. The van der Waals surface area contributed by atoms with Crippen LogP contribution in [0.15, 0.2) is 24.3 Å². The van der Waals surface area contributed by atoms with E-state index in [2.05, 4.69) is 15.5 Å². The largest absolute Gasteiger partial charge is 0.380 e. The number of rotatable bonds is 8. The van der Waals surface area contributed by atoms with Crippen LogP contribution in [0.1, 0.15) is 38.5 Å². The van der Waals surface area contributed by atoms with Crippen molar-refractivity contribution in [1.82, 2.24) is 4.90 Å². The van der Waals surface area contributed by atoms with Gasteiger partial charge in [-0.25, -0.2) is 0 Å². The van der Waals surface area contributed by atoms with Crippen molar-refractivity contribution in [2.75, 3.05) is 43.9 Å². The van der Waals surface area contributed by atoms with E-state index in [1.165, 1.54) is 26.4 Å². The standard InChI is InChI=1S/C20H32N4O3/c1-27-18(14-21)13-19(25)22-16-7-9-17(10-8-16)23-20(26)15-24-11-5-3-2-4-6-12-24/h7-10,18H,2-6,11-15,21H2,1H3,(H,22,25)(H,23,26). The van der Waals surface area contributed by atoms with E-state index in [9.17, 15) is 9.59 Å². The van der Waals surface area contributed by atoms with Crippen LogP contribution < -0.4 is 16.4 Å². The van der Waals surface area contributed by atoms with E-state index >= 15 is 0 Å². The number of nitrogens with one attached hydrogen (secondary N) is 2. The molecule has 0 aromatic heterocycles. The Morgan fingerprint density at radius 3 is 2.04 bits per heavy atom. The fourth-order valence-corrected chi connectivity index (χ4v) is 3.19. The highest BCUT2D eigenvalue weighted by Gasteiger charge is 2.13. The average Bonchev–Trinajstić information content (AvgIpc) is 2.63. The topological polar surface area (TPSA) is 96.7 Å². The number of carbonyl (C=O) groups excluding carboxylic acids is 2. The third kappa shape index (κ3) is 8.07. The van der Waals surface area contributed by atoms with Gasteiger partial charge in [0.25, 0.3) is 0 Å². The molecule has 7 heteroatoms. The van der Waals surface area contributed by atoms with Crippen LogP contribution in [-0.2, 0) is 14.3 Å². The molecule has 1 aliphatic heterocycles. The molecular formula is C20H32N4O3. The number of likely N-dealkylation sites (tertiary alicyclic amines) is 1. The van der Waals surface area contributed by atoms with Crippen LogP contribution in [-0.4, -0.2) is 56.1 Å². The summed E-state index contributed by atoms with van der Waals surface area (Å²) in [6.45, 7) is 2.70. The van der Waals surface area contributed by atoms with Gasteiger partial charge in [-0.15, -0.1) is 0 Å². The third-order valence-corrected chi connectivity index (χ3v) is 4.78. The minimum atomic E-state index is -0.285. The van der Waals surface area contributed by atoms with Gasteiger partial charge in [0.2, 0.25) is 11.8 Å². The van der Waals surface area contributed by atoms with Crippen molar-refractivity contribution in [2.24, 2.45) is 5.73 Å². The quantitative estimate of drug-likeness (QED) is 0.646. The number of carbonyl (C=O) groups is 2. The van der Waals surface area contributed by atoms with Crippen molar-refractivity contribution in [1.29, 1.82) is 0 Å². The summed E-state index contributed by atoms with van der Waals surface area (Å²) in [5.74, 6) is -0.153. The molecule has 1 atom stereocenters. The van der Waals surface area contributed by atoms with E-state index in [0.29, 0.717) is 18.8 Å². The highest BCUT2D eigenvalue weighted by molar-refractivity contribution is 5.93. The van der Waals surface area contributed by atoms with Crippen molar-refractivity contribution >= 4 is 23.2 Å². The molecule has 27 heavy (non-hydrogen) atoms. The molecule has 0 bridgehead atoms. The molecule has 1 fully saturated rings. The van der Waals surface area contributed by atoms with E-state index in [1.54, 1.807) is 24.3 Å². The number of amides is 2. The molecule has 1 aromatic rings. The molecule has 1 aromatic carbocycles. The predicted molar refractivity (Wildman–Crippen MR) is 108 cm³/mol. The van der Waals surface area contributed by atoms with Gasteiger partial charge in [0.15, 0.2) is 0 Å². The summed E-state index contributed by atoms with van der Waals surface area (Å²) in [5, 5.41) is 5.73. The minimum Gasteiger partial charge on any atom is -0.380 e. The number of nitrogens with two attached hydrogens (primary N) is 1. The molecule has 1 aliphatic rings. The fourth-order valence-electron chi connectivity index (χ4n) is 3.19. The van der Waals surface area contributed by atoms with Crippen LogP contribution >= 0.6 is 0 Å². The SMILES string of the molecule is COC(CN)CC(=O)Nc1ccc(NC(=O)CN2CCCCCCC2)cc1. The van der Waals surface area contributed by atoms with E-state index in [1.807, 2.05) is 0 Å². The lowest BCUT2D eigenvalue weighted by atomic mass is 10.1. The number of hydrogen-bond acceptors (Lipinski definition) is 5. The van der Waals surface area contributed by atoms with Gasteiger partial charge in [-0.3, -0.25) is 14.5 Å². The lowest BCUT2D eigenvalue weighted by Gasteiger charge is -2.23. The number of methoxy groups -OCH3 is 1. The van der Waals surface area contributed by atoms with Crippen molar-refractivity contribution in [2.45, 2.75) is 44.6 Å². The number of ether oxygens (including phenoxy) is 1. The minimum absolute atomic E-state index is 0.00163. The molecule has 2 rings (SSSR count). The lowest BCUT2D eigenvalue weighted by Crippen LogP contribution is -2.35. The fraction of sp³-hybridized carbons (Fsp3) is 0.600. The summed E-state index contributed by atoms with van der Waals surface area (Å²) in [4.78, 5) is 26.5. The zero-order valence-electron chi connectivity index (χ0n) is 16.2. The Labute approximate surface area is 161 Å². The second-order valence-electron chi connectivity index (χ2n) is 7.02. The number of hydrogen-bond donors (Lipinski definition) is 3. The van der Waals surface area contributed by atoms with Crippen LogP contribution in [0.25, 0.3) is 0 Å². The zero-order chi connectivity index (χ0) is 19.5. The molecule has 0 saturated carbocycles. The highest BCUT2D eigenvalue weighted by Crippen LogP contribution is 2.15. The van der Waals surface area contributed by atoms with Crippen molar-refractivity contribution in [3.8, 4) is 0 Å². The van der Waals surface area contributed by atoms with Gasteiger partial charge in [0.1, 0.15) is 0 Å². The summed E-state index contributed by atoms with van der Waals surface area (Å²) < 4.78 is 5.11. The molecule has 1 unspecified atom stereocenters. The number of benzene rings is 1. The van der Waals surface area contributed by atoms with Gasteiger partial charge in [0, 0.05) is 25.0 Å². The second kappa shape index (κ2) is 11.7. The van der Waals surface area contributed by atoms with E-state index in [4.69, 9.17) is 10.5 Å². The van der Waals surface area contributed by atoms with Crippen LogP contribution in [0, 0.1) is 0 Å². The summed E-state index contributed by atoms with van der Waals surface area (Å²) in [5.41, 5.74) is 6.92. The second-order valence-corrected chi connectivity index (χ2v) is 7.02.